The van der Waals surface area contributed by atoms with Gasteiger partial charge < -0.3 is 14.9 Å². The number of aryl methyl sites for hydroxylation is 1. The summed E-state index contributed by atoms with van der Waals surface area (Å²) in [6.45, 7) is 1.26. The Balaban J connectivity index is 3.66. The molecule has 0 heterocycles. The average molecular weight is 224 g/mol. The number of aromatic carboxylic acids is 1. The molecule has 0 unspecified atom stereocenters. The zero-order valence-electron chi connectivity index (χ0n) is 8.98. The van der Waals surface area contributed by atoms with Gasteiger partial charge in [0.05, 0.1) is 13.7 Å². The summed E-state index contributed by atoms with van der Waals surface area (Å²) in [6, 6.07) is 1.54. The largest absolute Gasteiger partial charge is 0.496 e. The SMILES string of the molecule is COc1c(C)cc(CO)c(C=O)c1C(=O)O. The fourth-order valence-corrected chi connectivity index (χ4v) is 1.63. The quantitative estimate of drug-likeness (QED) is 0.745. The maximum atomic E-state index is 11.1. The number of hydrogen-bond acceptors (Lipinski definition) is 4. The highest BCUT2D eigenvalue weighted by Crippen LogP contribution is 2.29. The molecule has 0 aliphatic heterocycles. The minimum atomic E-state index is -1.25. The van der Waals surface area contributed by atoms with Crippen molar-refractivity contribution in [2.75, 3.05) is 7.11 Å². The Bertz CT molecular complexity index is 436. The zero-order valence-corrected chi connectivity index (χ0v) is 8.98. The molecule has 0 saturated carbocycles. The number of carbonyl (C=O) groups excluding carboxylic acids is 1. The number of hydrogen-bond donors (Lipinski definition) is 2. The number of methoxy groups -OCH3 is 1. The van der Waals surface area contributed by atoms with E-state index in [9.17, 15) is 9.59 Å². The molecular weight excluding hydrogens is 212 g/mol. The number of carboxylic acids is 1. The second-order valence-corrected chi connectivity index (χ2v) is 3.26. The molecule has 5 heteroatoms. The summed E-state index contributed by atoms with van der Waals surface area (Å²) in [5.41, 5.74) is 0.597. The Morgan fingerprint density at radius 1 is 1.56 bits per heavy atom. The van der Waals surface area contributed by atoms with Crippen LogP contribution in [0.25, 0.3) is 0 Å². The molecule has 0 aliphatic carbocycles. The molecule has 0 atom stereocenters. The van der Waals surface area contributed by atoms with Crippen LogP contribution in [0.5, 0.6) is 5.75 Å². The van der Waals surface area contributed by atoms with E-state index in [4.69, 9.17) is 14.9 Å². The van der Waals surface area contributed by atoms with Crippen molar-refractivity contribution in [3.63, 3.8) is 0 Å². The van der Waals surface area contributed by atoms with Crippen LogP contribution in [0.4, 0.5) is 0 Å². The molecule has 0 aromatic heterocycles. The van der Waals surface area contributed by atoms with Gasteiger partial charge in [-0.25, -0.2) is 4.79 Å². The lowest BCUT2D eigenvalue weighted by Gasteiger charge is -2.13. The summed E-state index contributed by atoms with van der Waals surface area (Å²) in [7, 11) is 1.34. The van der Waals surface area contributed by atoms with E-state index in [1.807, 2.05) is 0 Å². The smallest absolute Gasteiger partial charge is 0.340 e. The van der Waals surface area contributed by atoms with Crippen LogP contribution in [0.15, 0.2) is 6.07 Å². The molecule has 0 fully saturated rings. The third-order valence-electron chi connectivity index (χ3n) is 2.30. The molecule has 1 aromatic carbocycles. The first-order chi connectivity index (χ1) is 7.56. The number of aldehydes is 1. The van der Waals surface area contributed by atoms with Crippen molar-refractivity contribution in [3.05, 3.63) is 28.3 Å². The van der Waals surface area contributed by atoms with Gasteiger partial charge in [0.1, 0.15) is 11.3 Å². The van der Waals surface area contributed by atoms with Crippen molar-refractivity contribution in [1.82, 2.24) is 0 Å². The molecule has 1 aromatic rings. The van der Waals surface area contributed by atoms with Gasteiger partial charge in [-0.15, -0.1) is 0 Å². The minimum Gasteiger partial charge on any atom is -0.496 e. The van der Waals surface area contributed by atoms with Crippen LogP contribution in [-0.2, 0) is 6.61 Å². The molecule has 0 aliphatic rings. The van der Waals surface area contributed by atoms with E-state index < -0.39 is 5.97 Å². The first kappa shape index (κ1) is 12.2. The van der Waals surface area contributed by atoms with Crippen LogP contribution in [0, 0.1) is 6.92 Å². The molecule has 0 radical (unpaired) electrons. The third kappa shape index (κ3) is 1.90. The van der Waals surface area contributed by atoms with Crippen LogP contribution in [0.2, 0.25) is 0 Å². The van der Waals surface area contributed by atoms with E-state index >= 15 is 0 Å². The summed E-state index contributed by atoms with van der Waals surface area (Å²) in [4.78, 5) is 21.9. The van der Waals surface area contributed by atoms with Gasteiger partial charge in [0, 0.05) is 5.56 Å². The predicted octanol–water partition coefficient (Wildman–Crippen LogP) is 1.01. The van der Waals surface area contributed by atoms with Gasteiger partial charge in [0.15, 0.2) is 6.29 Å². The number of aliphatic hydroxyl groups is 1. The molecule has 5 nitrogen and oxygen atoms in total. The van der Waals surface area contributed by atoms with Crippen LogP contribution >= 0.6 is 0 Å². The second kappa shape index (κ2) is 4.76. The predicted molar refractivity (Wildman–Crippen MR) is 56.0 cm³/mol. The molecule has 0 amide bonds. The van der Waals surface area contributed by atoms with Crippen molar-refractivity contribution in [3.8, 4) is 5.75 Å². The Hall–Kier alpha value is -1.88. The fraction of sp³-hybridized carbons (Fsp3) is 0.273. The Morgan fingerprint density at radius 3 is 2.56 bits per heavy atom. The average Bonchev–Trinajstić information content (AvgIpc) is 2.27. The van der Waals surface area contributed by atoms with E-state index in [1.165, 1.54) is 13.2 Å². The van der Waals surface area contributed by atoms with Crippen molar-refractivity contribution in [1.29, 1.82) is 0 Å². The van der Waals surface area contributed by atoms with E-state index in [-0.39, 0.29) is 29.0 Å². The molecule has 86 valence electrons. The summed E-state index contributed by atoms with van der Waals surface area (Å²) in [5, 5.41) is 18.1. The highest BCUT2D eigenvalue weighted by Gasteiger charge is 2.21. The van der Waals surface area contributed by atoms with Crippen molar-refractivity contribution < 1.29 is 24.5 Å². The number of carboxylic acid groups (broad SMARTS) is 1. The summed E-state index contributed by atoms with van der Waals surface area (Å²) in [5.74, 6) is -1.11. The molecular formula is C11H12O5. The highest BCUT2D eigenvalue weighted by molar-refractivity contribution is 6.01. The Kier molecular flexibility index (Phi) is 3.63. The summed E-state index contributed by atoms with van der Waals surface area (Å²) in [6.07, 6.45) is 0.414. The second-order valence-electron chi connectivity index (χ2n) is 3.26. The lowest BCUT2D eigenvalue weighted by atomic mass is 9.97. The first-order valence-electron chi connectivity index (χ1n) is 4.56. The van der Waals surface area contributed by atoms with Gasteiger partial charge in [-0.3, -0.25) is 4.79 Å². The number of rotatable bonds is 4. The standard InChI is InChI=1S/C11H12O5/c1-6-3-7(4-12)8(5-13)9(11(14)15)10(6)16-2/h3,5,12H,4H2,1-2H3,(H,14,15). The van der Waals surface area contributed by atoms with Gasteiger partial charge in [-0.1, -0.05) is 0 Å². The van der Waals surface area contributed by atoms with Gasteiger partial charge >= 0.3 is 5.97 Å². The van der Waals surface area contributed by atoms with E-state index in [0.29, 0.717) is 11.8 Å². The number of aliphatic hydroxyl groups excluding tert-OH is 1. The molecule has 2 N–H and O–H groups in total. The van der Waals surface area contributed by atoms with E-state index in [1.54, 1.807) is 6.92 Å². The van der Waals surface area contributed by atoms with Crippen molar-refractivity contribution in [2.45, 2.75) is 13.5 Å². The van der Waals surface area contributed by atoms with Gasteiger partial charge in [0.25, 0.3) is 0 Å². The summed E-state index contributed by atoms with van der Waals surface area (Å²) < 4.78 is 4.96. The molecule has 0 saturated heterocycles. The van der Waals surface area contributed by atoms with E-state index in [0.717, 1.165) is 0 Å². The third-order valence-corrected chi connectivity index (χ3v) is 2.30. The van der Waals surface area contributed by atoms with Gasteiger partial charge in [0.2, 0.25) is 0 Å². The van der Waals surface area contributed by atoms with E-state index in [2.05, 4.69) is 0 Å². The minimum absolute atomic E-state index is 0.0440. The molecule has 0 bridgehead atoms. The summed E-state index contributed by atoms with van der Waals surface area (Å²) >= 11 is 0. The molecule has 0 spiro atoms. The maximum Gasteiger partial charge on any atom is 0.340 e. The normalized spacial score (nSPS) is 9.94. The van der Waals surface area contributed by atoms with Crippen LogP contribution in [0.1, 0.15) is 31.8 Å². The van der Waals surface area contributed by atoms with Crippen LogP contribution in [0.3, 0.4) is 0 Å². The Morgan fingerprint density at radius 2 is 2.19 bits per heavy atom. The molecule has 16 heavy (non-hydrogen) atoms. The zero-order chi connectivity index (χ0) is 12.3. The molecule has 1 rings (SSSR count). The van der Waals surface area contributed by atoms with Gasteiger partial charge in [-0.2, -0.15) is 0 Å². The lowest BCUT2D eigenvalue weighted by molar-refractivity contribution is 0.0689. The number of benzene rings is 1. The number of carbonyl (C=O) groups is 2. The lowest BCUT2D eigenvalue weighted by Crippen LogP contribution is -2.09. The Labute approximate surface area is 92.3 Å². The van der Waals surface area contributed by atoms with Gasteiger partial charge in [-0.05, 0) is 24.1 Å². The number of ether oxygens (including phenoxy) is 1. The van der Waals surface area contributed by atoms with Crippen molar-refractivity contribution in [2.24, 2.45) is 0 Å². The van der Waals surface area contributed by atoms with Crippen LogP contribution in [-0.4, -0.2) is 29.6 Å². The fourth-order valence-electron chi connectivity index (χ4n) is 1.63. The maximum absolute atomic E-state index is 11.1. The highest BCUT2D eigenvalue weighted by atomic mass is 16.5. The first-order valence-corrected chi connectivity index (χ1v) is 4.56. The van der Waals surface area contributed by atoms with Crippen molar-refractivity contribution >= 4 is 12.3 Å². The monoisotopic (exact) mass is 224 g/mol. The topological polar surface area (TPSA) is 83.8 Å². The van der Waals surface area contributed by atoms with Crippen LogP contribution < -0.4 is 4.74 Å².